The fourth-order valence-electron chi connectivity index (χ4n) is 2.42. The van der Waals surface area contributed by atoms with E-state index in [1.54, 1.807) is 24.3 Å². The van der Waals surface area contributed by atoms with E-state index in [0.717, 1.165) is 19.4 Å². The largest absolute Gasteiger partial charge is 0.393 e. The summed E-state index contributed by atoms with van der Waals surface area (Å²) in [5.74, 6) is 0.591. The minimum absolute atomic E-state index is 0.0976. The molecule has 1 fully saturated rings. The minimum atomic E-state index is -3.26. The first kappa shape index (κ1) is 15.8. The van der Waals surface area contributed by atoms with Gasteiger partial charge in [0.25, 0.3) is 0 Å². The van der Waals surface area contributed by atoms with Crippen LogP contribution in [0.2, 0.25) is 5.02 Å². The standard InChI is InChI=1S/C14H20ClNO3S/c1-16(10-11-8-13(17)9-11)6-7-20(18,19)14-4-2-12(15)3-5-14/h2-5,11,13,17H,6-10H2,1H3. The van der Waals surface area contributed by atoms with Crippen LogP contribution < -0.4 is 0 Å². The fraction of sp³-hybridized carbons (Fsp3) is 0.571. The molecule has 2 rings (SSSR count). The van der Waals surface area contributed by atoms with E-state index in [0.29, 0.717) is 22.4 Å². The maximum absolute atomic E-state index is 12.2. The number of benzene rings is 1. The van der Waals surface area contributed by atoms with Crippen molar-refractivity contribution in [2.45, 2.75) is 23.8 Å². The highest BCUT2D eigenvalue weighted by Gasteiger charge is 2.28. The lowest BCUT2D eigenvalue weighted by atomic mass is 9.82. The summed E-state index contributed by atoms with van der Waals surface area (Å²) >= 11 is 5.76. The van der Waals surface area contributed by atoms with Crippen molar-refractivity contribution < 1.29 is 13.5 Å². The van der Waals surface area contributed by atoms with Crippen LogP contribution in [0.5, 0.6) is 0 Å². The Labute approximate surface area is 125 Å². The molecule has 0 heterocycles. The van der Waals surface area contributed by atoms with Crippen molar-refractivity contribution in [1.29, 1.82) is 0 Å². The summed E-state index contributed by atoms with van der Waals surface area (Å²) in [6.07, 6.45) is 1.49. The summed E-state index contributed by atoms with van der Waals surface area (Å²) in [7, 11) is -1.34. The Kier molecular flexibility index (Phi) is 5.07. The summed E-state index contributed by atoms with van der Waals surface area (Å²) < 4.78 is 24.3. The molecule has 0 spiro atoms. The Hall–Kier alpha value is -0.620. The number of aliphatic hydroxyl groups excluding tert-OH is 1. The van der Waals surface area contributed by atoms with Crippen LogP contribution in [-0.4, -0.2) is 50.4 Å². The van der Waals surface area contributed by atoms with Gasteiger partial charge in [-0.25, -0.2) is 8.42 Å². The average Bonchev–Trinajstić information content (AvgIpc) is 2.35. The molecule has 1 N–H and O–H groups in total. The monoisotopic (exact) mass is 317 g/mol. The first-order chi connectivity index (χ1) is 9.37. The van der Waals surface area contributed by atoms with Crippen molar-refractivity contribution in [2.75, 3.05) is 25.9 Å². The van der Waals surface area contributed by atoms with Gasteiger partial charge in [-0.05, 0) is 50.1 Å². The van der Waals surface area contributed by atoms with E-state index < -0.39 is 9.84 Å². The number of aliphatic hydroxyl groups is 1. The van der Waals surface area contributed by atoms with E-state index in [-0.39, 0.29) is 11.9 Å². The van der Waals surface area contributed by atoms with Crippen molar-refractivity contribution in [3.05, 3.63) is 29.3 Å². The maximum Gasteiger partial charge on any atom is 0.179 e. The molecule has 112 valence electrons. The lowest BCUT2D eigenvalue weighted by molar-refractivity contribution is 0.0291. The molecule has 0 saturated heterocycles. The first-order valence-electron chi connectivity index (χ1n) is 6.72. The highest BCUT2D eigenvalue weighted by Crippen LogP contribution is 2.27. The third-order valence-corrected chi connectivity index (χ3v) is 5.66. The van der Waals surface area contributed by atoms with Crippen LogP contribution >= 0.6 is 11.6 Å². The molecule has 1 aromatic rings. The van der Waals surface area contributed by atoms with Gasteiger partial charge in [0.1, 0.15) is 0 Å². The summed E-state index contributed by atoms with van der Waals surface area (Å²) in [4.78, 5) is 2.33. The van der Waals surface area contributed by atoms with E-state index in [9.17, 15) is 13.5 Å². The molecule has 1 aromatic carbocycles. The number of nitrogens with zero attached hydrogens (tertiary/aromatic N) is 1. The smallest absolute Gasteiger partial charge is 0.179 e. The number of rotatable bonds is 6. The zero-order valence-electron chi connectivity index (χ0n) is 11.5. The van der Waals surface area contributed by atoms with Gasteiger partial charge in [-0.3, -0.25) is 0 Å². The second-order valence-electron chi connectivity index (χ2n) is 5.53. The van der Waals surface area contributed by atoms with Gasteiger partial charge in [-0.15, -0.1) is 0 Å². The maximum atomic E-state index is 12.2. The SMILES string of the molecule is CN(CCS(=O)(=O)c1ccc(Cl)cc1)CC1CC(O)C1. The van der Waals surface area contributed by atoms with E-state index in [4.69, 9.17) is 11.6 Å². The zero-order chi connectivity index (χ0) is 14.8. The topological polar surface area (TPSA) is 57.6 Å². The lowest BCUT2D eigenvalue weighted by Gasteiger charge is -2.34. The van der Waals surface area contributed by atoms with Gasteiger partial charge < -0.3 is 10.0 Å². The summed E-state index contributed by atoms with van der Waals surface area (Å²) in [6, 6.07) is 6.27. The molecule has 0 atom stereocenters. The van der Waals surface area contributed by atoms with E-state index in [2.05, 4.69) is 0 Å². The second-order valence-corrected chi connectivity index (χ2v) is 8.07. The van der Waals surface area contributed by atoms with Crippen molar-refractivity contribution in [3.63, 3.8) is 0 Å². The lowest BCUT2D eigenvalue weighted by Crippen LogP contribution is -2.38. The second kappa shape index (κ2) is 6.43. The van der Waals surface area contributed by atoms with Crippen LogP contribution in [0.15, 0.2) is 29.2 Å². The van der Waals surface area contributed by atoms with E-state index in [1.807, 2.05) is 11.9 Å². The van der Waals surface area contributed by atoms with Gasteiger partial charge >= 0.3 is 0 Å². The molecule has 1 aliphatic rings. The molecule has 6 heteroatoms. The van der Waals surface area contributed by atoms with Crippen LogP contribution in [-0.2, 0) is 9.84 Å². The fourth-order valence-corrected chi connectivity index (χ4v) is 3.88. The molecular formula is C14H20ClNO3S. The summed E-state index contributed by atoms with van der Waals surface area (Å²) in [5, 5.41) is 9.77. The Morgan fingerprint density at radius 1 is 1.30 bits per heavy atom. The van der Waals surface area contributed by atoms with Crippen molar-refractivity contribution in [1.82, 2.24) is 4.90 Å². The molecule has 0 bridgehead atoms. The summed E-state index contributed by atoms with van der Waals surface area (Å²) in [5.41, 5.74) is 0. The highest BCUT2D eigenvalue weighted by atomic mass is 35.5. The van der Waals surface area contributed by atoms with Gasteiger partial charge in [0.05, 0.1) is 16.8 Å². The third kappa shape index (κ3) is 4.19. The van der Waals surface area contributed by atoms with E-state index in [1.165, 1.54) is 0 Å². The highest BCUT2D eigenvalue weighted by molar-refractivity contribution is 7.91. The molecule has 0 amide bonds. The average molecular weight is 318 g/mol. The van der Waals surface area contributed by atoms with Gasteiger partial charge in [0, 0.05) is 18.1 Å². The third-order valence-electron chi connectivity index (χ3n) is 3.70. The van der Waals surface area contributed by atoms with Crippen LogP contribution in [0, 0.1) is 5.92 Å². The predicted octanol–water partition coefficient (Wildman–Crippen LogP) is 1.82. The van der Waals surface area contributed by atoms with Crippen LogP contribution in [0.3, 0.4) is 0 Å². The van der Waals surface area contributed by atoms with Crippen molar-refractivity contribution in [3.8, 4) is 0 Å². The Morgan fingerprint density at radius 3 is 2.45 bits per heavy atom. The molecule has 20 heavy (non-hydrogen) atoms. The zero-order valence-corrected chi connectivity index (χ0v) is 13.1. The molecular weight excluding hydrogens is 298 g/mol. The van der Waals surface area contributed by atoms with Crippen LogP contribution in [0.25, 0.3) is 0 Å². The quantitative estimate of drug-likeness (QED) is 0.869. The molecule has 0 aromatic heterocycles. The first-order valence-corrected chi connectivity index (χ1v) is 8.75. The minimum Gasteiger partial charge on any atom is -0.393 e. The predicted molar refractivity (Wildman–Crippen MR) is 79.7 cm³/mol. The van der Waals surface area contributed by atoms with Crippen LogP contribution in [0.4, 0.5) is 0 Å². The normalized spacial score (nSPS) is 22.8. The molecule has 1 saturated carbocycles. The van der Waals surface area contributed by atoms with Crippen LogP contribution in [0.1, 0.15) is 12.8 Å². The number of sulfone groups is 1. The van der Waals surface area contributed by atoms with Gasteiger partial charge in [0.15, 0.2) is 9.84 Å². The van der Waals surface area contributed by atoms with Crippen molar-refractivity contribution >= 4 is 21.4 Å². The van der Waals surface area contributed by atoms with Gasteiger partial charge in [0.2, 0.25) is 0 Å². The molecule has 0 aliphatic heterocycles. The Balaban J connectivity index is 1.84. The van der Waals surface area contributed by atoms with E-state index >= 15 is 0 Å². The Morgan fingerprint density at radius 2 is 1.90 bits per heavy atom. The molecule has 1 aliphatic carbocycles. The van der Waals surface area contributed by atoms with Gasteiger partial charge in [-0.1, -0.05) is 11.6 Å². The van der Waals surface area contributed by atoms with Crippen molar-refractivity contribution in [2.24, 2.45) is 5.92 Å². The molecule has 0 unspecified atom stereocenters. The number of hydrogen-bond donors (Lipinski definition) is 1. The van der Waals surface area contributed by atoms with Gasteiger partial charge in [-0.2, -0.15) is 0 Å². The molecule has 4 nitrogen and oxygen atoms in total. The Bertz CT molecular complexity index is 538. The molecule has 0 radical (unpaired) electrons. The number of hydrogen-bond acceptors (Lipinski definition) is 4. The summed E-state index contributed by atoms with van der Waals surface area (Å²) in [6.45, 7) is 1.34. The number of halogens is 1.